The smallest absolute Gasteiger partial charge is 0.246 e. The molecule has 0 heterocycles. The molecule has 0 radical (unpaired) electrons. The van der Waals surface area contributed by atoms with Gasteiger partial charge in [0.1, 0.15) is 6.61 Å². The molecule has 0 saturated carbocycles. The fourth-order valence-electron chi connectivity index (χ4n) is 0.875. The average Bonchev–Trinajstić information content (AvgIpc) is 2.33. The molecular formula is C12H32N2O3. The van der Waals surface area contributed by atoms with Crippen LogP contribution in [0, 0.1) is 0 Å². The van der Waals surface area contributed by atoms with Crippen molar-refractivity contribution in [1.82, 2.24) is 10.6 Å². The van der Waals surface area contributed by atoms with Gasteiger partial charge in [-0.25, -0.2) is 0 Å². The zero-order valence-corrected chi connectivity index (χ0v) is 11.8. The first-order valence-electron chi connectivity index (χ1n) is 6.27. The number of amides is 1. The van der Waals surface area contributed by atoms with E-state index < -0.39 is 0 Å². The third-order valence-electron chi connectivity index (χ3n) is 1.60. The van der Waals surface area contributed by atoms with Gasteiger partial charge in [-0.2, -0.15) is 0 Å². The predicted molar refractivity (Wildman–Crippen MR) is 74.4 cm³/mol. The van der Waals surface area contributed by atoms with Crippen LogP contribution in [0.5, 0.6) is 0 Å². The highest BCUT2D eigenvalue weighted by Gasteiger charge is 2.00. The highest BCUT2D eigenvalue weighted by Crippen LogP contribution is 1.85. The van der Waals surface area contributed by atoms with Crippen LogP contribution in [0.4, 0.5) is 0 Å². The van der Waals surface area contributed by atoms with Crippen molar-refractivity contribution in [2.45, 2.75) is 33.8 Å². The first-order valence-corrected chi connectivity index (χ1v) is 6.27. The van der Waals surface area contributed by atoms with E-state index in [-0.39, 0.29) is 21.5 Å². The Morgan fingerprint density at radius 1 is 1.24 bits per heavy atom. The molecule has 108 valence electrons. The fourth-order valence-corrected chi connectivity index (χ4v) is 0.875. The molecule has 0 saturated heterocycles. The molecule has 0 spiro atoms. The van der Waals surface area contributed by atoms with Gasteiger partial charge in [0.15, 0.2) is 0 Å². The molecule has 1 amide bonds. The van der Waals surface area contributed by atoms with Crippen LogP contribution in [-0.2, 0) is 14.3 Å². The molecule has 0 aliphatic carbocycles. The van der Waals surface area contributed by atoms with E-state index in [0.29, 0.717) is 19.8 Å². The molecule has 0 aliphatic rings. The number of likely N-dealkylation sites (N-methyl/N-ethyl adjacent to an activating group) is 1. The highest BCUT2D eigenvalue weighted by molar-refractivity contribution is 5.77. The van der Waals surface area contributed by atoms with Crippen LogP contribution >= 0.6 is 0 Å². The predicted octanol–water partition coefficient (Wildman–Crippen LogP) is 1.28. The summed E-state index contributed by atoms with van der Waals surface area (Å²) in [7, 11) is 1.84. The summed E-state index contributed by atoms with van der Waals surface area (Å²) in [4.78, 5) is 11.1. The maximum absolute atomic E-state index is 11.1. The minimum Gasteiger partial charge on any atom is -0.377 e. The Kier molecular flexibility index (Phi) is 16.9. The number of hydrogen-bond acceptors (Lipinski definition) is 4. The van der Waals surface area contributed by atoms with Gasteiger partial charge in [-0.05, 0) is 20.9 Å². The minimum atomic E-state index is -0.0986. The Hall–Kier alpha value is -0.650. The number of nitrogens with one attached hydrogen (secondary N) is 2. The minimum absolute atomic E-state index is 0. The first kappa shape index (κ1) is 18.7. The number of ether oxygens (including phenoxy) is 2. The molecule has 0 aromatic rings. The molecule has 0 atom stereocenters. The fraction of sp³-hybridized carbons (Fsp3) is 0.917. The van der Waals surface area contributed by atoms with Crippen molar-refractivity contribution in [3.63, 3.8) is 0 Å². The van der Waals surface area contributed by atoms with Gasteiger partial charge in [0.05, 0.1) is 19.3 Å². The second-order valence-corrected chi connectivity index (χ2v) is 3.43. The van der Waals surface area contributed by atoms with Crippen LogP contribution in [0.2, 0.25) is 0 Å². The Balaban J connectivity index is -0.000000267. The molecule has 2 N–H and O–H groups in total. The van der Waals surface area contributed by atoms with Crippen molar-refractivity contribution in [1.29, 1.82) is 0 Å². The molecule has 17 heavy (non-hydrogen) atoms. The van der Waals surface area contributed by atoms with Gasteiger partial charge in [0.2, 0.25) is 5.91 Å². The summed E-state index contributed by atoms with van der Waals surface area (Å²) >= 11 is 0. The van der Waals surface area contributed by atoms with Crippen molar-refractivity contribution >= 4 is 5.91 Å². The summed E-state index contributed by atoms with van der Waals surface area (Å²) < 4.78 is 10.4. The molecule has 0 fully saturated rings. The van der Waals surface area contributed by atoms with E-state index in [0.717, 1.165) is 6.54 Å². The summed E-state index contributed by atoms with van der Waals surface area (Å²) in [6.07, 6.45) is 0.203. The Bertz CT molecular complexity index is 173. The van der Waals surface area contributed by atoms with Crippen molar-refractivity contribution < 1.29 is 17.1 Å². The lowest BCUT2D eigenvalue weighted by atomic mass is 10.5. The number of carbonyl (C=O) groups is 1. The van der Waals surface area contributed by atoms with E-state index in [9.17, 15) is 4.79 Å². The van der Waals surface area contributed by atoms with E-state index in [1.807, 2.05) is 34.7 Å². The maximum atomic E-state index is 11.1. The Labute approximate surface area is 108 Å². The van der Waals surface area contributed by atoms with Crippen LogP contribution in [0.25, 0.3) is 0 Å². The van der Waals surface area contributed by atoms with E-state index in [1.165, 1.54) is 0 Å². The van der Waals surface area contributed by atoms with Gasteiger partial charge in [-0.3, -0.25) is 4.79 Å². The molecule has 0 rings (SSSR count). The Morgan fingerprint density at radius 2 is 1.88 bits per heavy atom. The standard InChI is InChI=1S/C10H22N2O3.C2H6.2H2/c1-9(2)15-7-5-12-10(13)8-14-6-4-11-3;1-2;;/h9,11H,4-8H2,1-3H3,(H,12,13);1-2H3;2*1H. The lowest BCUT2D eigenvalue weighted by molar-refractivity contribution is -0.125. The zero-order valence-electron chi connectivity index (χ0n) is 11.8. The van der Waals surface area contributed by atoms with Crippen molar-refractivity contribution in [3.05, 3.63) is 0 Å². The molecule has 0 aliphatic heterocycles. The van der Waals surface area contributed by atoms with E-state index in [4.69, 9.17) is 9.47 Å². The molecule has 0 bridgehead atoms. The lowest BCUT2D eigenvalue weighted by Crippen LogP contribution is -2.32. The third-order valence-corrected chi connectivity index (χ3v) is 1.60. The SMILES string of the molecule is CC.CNCCOCC(=O)NCCOC(C)C.[HH].[HH]. The second kappa shape index (κ2) is 15.4. The van der Waals surface area contributed by atoms with Crippen LogP contribution in [0.3, 0.4) is 0 Å². The van der Waals surface area contributed by atoms with Crippen LogP contribution in [0.15, 0.2) is 0 Å². The van der Waals surface area contributed by atoms with Crippen LogP contribution in [-0.4, -0.2) is 52.0 Å². The molecule has 5 nitrogen and oxygen atoms in total. The quantitative estimate of drug-likeness (QED) is 0.607. The highest BCUT2D eigenvalue weighted by atomic mass is 16.5. The summed E-state index contributed by atoms with van der Waals surface area (Å²) in [5.41, 5.74) is 0. The third kappa shape index (κ3) is 17.9. The molecule has 5 heteroatoms. The summed E-state index contributed by atoms with van der Waals surface area (Å²) in [6, 6.07) is 0. The van der Waals surface area contributed by atoms with Crippen molar-refractivity contribution in [3.8, 4) is 0 Å². The van der Waals surface area contributed by atoms with Crippen molar-refractivity contribution in [2.75, 3.05) is 40.0 Å². The van der Waals surface area contributed by atoms with Gasteiger partial charge < -0.3 is 20.1 Å². The van der Waals surface area contributed by atoms with Gasteiger partial charge in [0.25, 0.3) is 0 Å². The van der Waals surface area contributed by atoms with E-state index >= 15 is 0 Å². The second-order valence-electron chi connectivity index (χ2n) is 3.43. The summed E-state index contributed by atoms with van der Waals surface area (Å²) in [5, 5.41) is 5.64. The number of rotatable bonds is 9. The van der Waals surface area contributed by atoms with E-state index in [1.54, 1.807) is 0 Å². The molecular weight excluding hydrogens is 220 g/mol. The summed E-state index contributed by atoms with van der Waals surface area (Å²) in [6.45, 7) is 10.4. The van der Waals surface area contributed by atoms with Gasteiger partial charge >= 0.3 is 0 Å². The molecule has 0 unspecified atom stereocenters. The largest absolute Gasteiger partial charge is 0.377 e. The average molecular weight is 252 g/mol. The van der Waals surface area contributed by atoms with Crippen LogP contribution < -0.4 is 10.6 Å². The summed E-state index contributed by atoms with van der Waals surface area (Å²) in [5.74, 6) is -0.0986. The normalized spacial score (nSPS) is 9.76. The molecule has 0 aromatic heterocycles. The van der Waals surface area contributed by atoms with Gasteiger partial charge in [-0.1, -0.05) is 13.8 Å². The lowest BCUT2D eigenvalue weighted by Gasteiger charge is -2.08. The first-order chi connectivity index (χ1) is 8.16. The Morgan fingerprint density at radius 3 is 2.41 bits per heavy atom. The monoisotopic (exact) mass is 252 g/mol. The van der Waals surface area contributed by atoms with Crippen molar-refractivity contribution in [2.24, 2.45) is 0 Å². The number of hydrogen-bond donors (Lipinski definition) is 2. The van der Waals surface area contributed by atoms with Gasteiger partial charge in [-0.15, -0.1) is 0 Å². The van der Waals surface area contributed by atoms with Gasteiger partial charge in [0, 0.05) is 15.9 Å². The zero-order chi connectivity index (χ0) is 13.5. The van der Waals surface area contributed by atoms with Crippen LogP contribution in [0.1, 0.15) is 30.5 Å². The topological polar surface area (TPSA) is 59.6 Å². The maximum Gasteiger partial charge on any atom is 0.246 e. The van der Waals surface area contributed by atoms with E-state index in [2.05, 4.69) is 10.6 Å². The number of carbonyl (C=O) groups excluding carboxylic acids is 1. The molecule has 0 aromatic carbocycles.